The van der Waals surface area contributed by atoms with Crippen molar-refractivity contribution in [3.05, 3.63) is 27.3 Å². The number of piperidine rings is 1. The van der Waals surface area contributed by atoms with Gasteiger partial charge in [0, 0.05) is 3.57 Å². The van der Waals surface area contributed by atoms with Crippen LogP contribution in [-0.2, 0) is 4.79 Å². The van der Waals surface area contributed by atoms with Gasteiger partial charge >= 0.3 is 5.97 Å². The SMILES string of the molecule is O=C(O)c1cc(I)ccc1NC(=O)C1CCCCN1. The highest BCUT2D eigenvalue weighted by Gasteiger charge is 2.22. The molecular formula is C13H15IN2O3. The first-order valence-electron chi connectivity index (χ1n) is 6.15. The lowest BCUT2D eigenvalue weighted by atomic mass is 10.0. The zero-order valence-electron chi connectivity index (χ0n) is 10.3. The van der Waals surface area contributed by atoms with Crippen LogP contribution in [0.1, 0.15) is 29.6 Å². The molecule has 0 saturated carbocycles. The molecule has 1 heterocycles. The van der Waals surface area contributed by atoms with Crippen LogP contribution in [-0.4, -0.2) is 29.6 Å². The molecule has 1 aromatic carbocycles. The maximum Gasteiger partial charge on any atom is 0.337 e. The molecule has 1 aromatic rings. The van der Waals surface area contributed by atoms with E-state index in [1.165, 1.54) is 0 Å². The van der Waals surface area contributed by atoms with Gasteiger partial charge in [-0.15, -0.1) is 0 Å². The monoisotopic (exact) mass is 374 g/mol. The van der Waals surface area contributed by atoms with E-state index in [2.05, 4.69) is 10.6 Å². The van der Waals surface area contributed by atoms with Crippen molar-refractivity contribution in [2.75, 3.05) is 11.9 Å². The normalized spacial score (nSPS) is 18.9. The summed E-state index contributed by atoms with van der Waals surface area (Å²) < 4.78 is 0.823. The van der Waals surface area contributed by atoms with Crippen molar-refractivity contribution < 1.29 is 14.7 Å². The minimum atomic E-state index is -1.04. The number of carbonyl (C=O) groups excluding carboxylic acids is 1. The summed E-state index contributed by atoms with van der Waals surface area (Å²) in [5, 5.41) is 15.0. The summed E-state index contributed by atoms with van der Waals surface area (Å²) in [6, 6.07) is 4.73. The molecule has 0 bridgehead atoms. The van der Waals surface area contributed by atoms with Crippen molar-refractivity contribution in [3.8, 4) is 0 Å². The number of amides is 1. The van der Waals surface area contributed by atoms with Crippen LogP contribution in [0.5, 0.6) is 0 Å². The molecular weight excluding hydrogens is 359 g/mol. The number of carboxylic acid groups (broad SMARTS) is 1. The second-order valence-corrected chi connectivity index (χ2v) is 5.73. The lowest BCUT2D eigenvalue weighted by molar-refractivity contribution is -0.118. The molecule has 1 aliphatic heterocycles. The number of halogens is 1. The summed E-state index contributed by atoms with van der Waals surface area (Å²) in [6.07, 6.45) is 2.88. The van der Waals surface area contributed by atoms with Gasteiger partial charge in [-0.25, -0.2) is 4.79 Å². The van der Waals surface area contributed by atoms with E-state index in [4.69, 9.17) is 5.11 Å². The van der Waals surface area contributed by atoms with Crippen LogP contribution in [0.15, 0.2) is 18.2 Å². The summed E-state index contributed by atoms with van der Waals surface area (Å²) in [7, 11) is 0. The van der Waals surface area contributed by atoms with E-state index in [-0.39, 0.29) is 17.5 Å². The molecule has 1 amide bonds. The molecule has 1 aliphatic rings. The third kappa shape index (κ3) is 3.66. The van der Waals surface area contributed by atoms with E-state index in [0.717, 1.165) is 29.4 Å². The van der Waals surface area contributed by atoms with Crippen LogP contribution < -0.4 is 10.6 Å². The fourth-order valence-corrected chi connectivity index (χ4v) is 2.59. The van der Waals surface area contributed by atoms with Gasteiger partial charge in [0.15, 0.2) is 0 Å². The fraction of sp³-hybridized carbons (Fsp3) is 0.385. The molecule has 19 heavy (non-hydrogen) atoms. The zero-order valence-corrected chi connectivity index (χ0v) is 12.4. The fourth-order valence-electron chi connectivity index (χ4n) is 2.10. The number of carboxylic acids is 1. The minimum Gasteiger partial charge on any atom is -0.478 e. The van der Waals surface area contributed by atoms with Crippen LogP contribution in [0.25, 0.3) is 0 Å². The summed E-state index contributed by atoms with van der Waals surface area (Å²) >= 11 is 2.04. The average molecular weight is 374 g/mol. The number of anilines is 1. The van der Waals surface area contributed by atoms with Gasteiger partial charge in [0.1, 0.15) is 0 Å². The van der Waals surface area contributed by atoms with Crippen molar-refractivity contribution in [2.45, 2.75) is 25.3 Å². The predicted octanol–water partition coefficient (Wildman–Crippen LogP) is 2.07. The van der Waals surface area contributed by atoms with E-state index in [9.17, 15) is 9.59 Å². The third-order valence-corrected chi connectivity index (χ3v) is 3.77. The van der Waals surface area contributed by atoms with Gasteiger partial charge in [-0.1, -0.05) is 6.42 Å². The Morgan fingerprint density at radius 2 is 2.16 bits per heavy atom. The number of carbonyl (C=O) groups is 2. The standard InChI is InChI=1S/C13H15IN2O3/c14-8-4-5-10(9(7-8)13(18)19)16-12(17)11-3-1-2-6-15-11/h4-5,7,11,15H,1-3,6H2,(H,16,17)(H,18,19). The predicted molar refractivity (Wildman–Crippen MR) is 80.4 cm³/mol. The molecule has 1 unspecified atom stereocenters. The summed E-state index contributed by atoms with van der Waals surface area (Å²) in [6.45, 7) is 0.830. The third-order valence-electron chi connectivity index (χ3n) is 3.10. The van der Waals surface area contributed by atoms with Crippen LogP contribution in [0, 0.1) is 3.57 Å². The number of aromatic carboxylic acids is 1. The first kappa shape index (κ1) is 14.3. The number of rotatable bonds is 3. The van der Waals surface area contributed by atoms with Crippen molar-refractivity contribution >= 4 is 40.2 Å². The van der Waals surface area contributed by atoms with E-state index in [0.29, 0.717) is 5.69 Å². The lowest BCUT2D eigenvalue weighted by Gasteiger charge is -2.22. The Hall–Kier alpha value is -1.15. The molecule has 2 rings (SSSR count). The largest absolute Gasteiger partial charge is 0.478 e. The highest BCUT2D eigenvalue weighted by Crippen LogP contribution is 2.20. The maximum atomic E-state index is 12.1. The van der Waals surface area contributed by atoms with Crippen LogP contribution in [0.2, 0.25) is 0 Å². The highest BCUT2D eigenvalue weighted by atomic mass is 127. The van der Waals surface area contributed by atoms with Gasteiger partial charge in [0.05, 0.1) is 17.3 Å². The van der Waals surface area contributed by atoms with Gasteiger partial charge in [-0.2, -0.15) is 0 Å². The Bertz CT molecular complexity index is 499. The Labute approximate surface area is 124 Å². The molecule has 0 aliphatic carbocycles. The maximum absolute atomic E-state index is 12.1. The van der Waals surface area contributed by atoms with Crippen molar-refractivity contribution in [2.24, 2.45) is 0 Å². The van der Waals surface area contributed by atoms with Crippen molar-refractivity contribution in [3.63, 3.8) is 0 Å². The topological polar surface area (TPSA) is 78.4 Å². The molecule has 0 radical (unpaired) electrons. The minimum absolute atomic E-state index is 0.121. The van der Waals surface area contributed by atoms with Gasteiger partial charge in [0.2, 0.25) is 5.91 Å². The second-order valence-electron chi connectivity index (χ2n) is 4.49. The van der Waals surface area contributed by atoms with E-state index < -0.39 is 5.97 Å². The number of hydrogen-bond donors (Lipinski definition) is 3. The Kier molecular flexibility index (Phi) is 4.76. The Balaban J connectivity index is 2.13. The number of nitrogens with one attached hydrogen (secondary N) is 2. The zero-order chi connectivity index (χ0) is 13.8. The molecule has 6 heteroatoms. The van der Waals surface area contributed by atoms with Gasteiger partial charge < -0.3 is 15.7 Å². The van der Waals surface area contributed by atoms with E-state index in [1.54, 1.807) is 18.2 Å². The first-order chi connectivity index (χ1) is 9.08. The lowest BCUT2D eigenvalue weighted by Crippen LogP contribution is -2.43. The second kappa shape index (κ2) is 6.33. The van der Waals surface area contributed by atoms with Crippen LogP contribution in [0.3, 0.4) is 0 Å². The van der Waals surface area contributed by atoms with Crippen LogP contribution in [0.4, 0.5) is 5.69 Å². The molecule has 1 atom stereocenters. The average Bonchev–Trinajstić information content (AvgIpc) is 2.41. The summed E-state index contributed by atoms with van der Waals surface area (Å²) in [5.74, 6) is -1.20. The van der Waals surface area contributed by atoms with Gasteiger partial charge in [-0.3, -0.25) is 4.79 Å². The van der Waals surface area contributed by atoms with Crippen molar-refractivity contribution in [1.82, 2.24) is 5.32 Å². The molecule has 0 spiro atoms. The quantitative estimate of drug-likeness (QED) is 0.708. The highest BCUT2D eigenvalue weighted by molar-refractivity contribution is 14.1. The molecule has 5 nitrogen and oxygen atoms in total. The molecule has 1 fully saturated rings. The van der Waals surface area contributed by atoms with Gasteiger partial charge in [0.25, 0.3) is 0 Å². The van der Waals surface area contributed by atoms with E-state index in [1.807, 2.05) is 22.6 Å². The molecule has 102 valence electrons. The Morgan fingerprint density at radius 3 is 2.79 bits per heavy atom. The smallest absolute Gasteiger partial charge is 0.337 e. The summed E-state index contributed by atoms with van der Waals surface area (Å²) in [4.78, 5) is 23.2. The molecule has 3 N–H and O–H groups in total. The van der Waals surface area contributed by atoms with Crippen LogP contribution >= 0.6 is 22.6 Å². The van der Waals surface area contributed by atoms with Gasteiger partial charge in [-0.05, 0) is 60.2 Å². The number of benzene rings is 1. The van der Waals surface area contributed by atoms with Crippen molar-refractivity contribution in [1.29, 1.82) is 0 Å². The summed E-state index contributed by atoms with van der Waals surface area (Å²) in [5.41, 5.74) is 0.473. The van der Waals surface area contributed by atoms with E-state index >= 15 is 0 Å². The first-order valence-corrected chi connectivity index (χ1v) is 7.23. The number of hydrogen-bond acceptors (Lipinski definition) is 3. The molecule has 1 saturated heterocycles. The molecule has 0 aromatic heterocycles. The Morgan fingerprint density at radius 1 is 1.37 bits per heavy atom.